The second-order valence-corrected chi connectivity index (χ2v) is 5.97. The highest BCUT2D eigenvalue weighted by molar-refractivity contribution is 6.30. The number of hydrogen-bond acceptors (Lipinski definition) is 5. The zero-order valence-corrected chi connectivity index (χ0v) is 15.2. The van der Waals surface area contributed by atoms with Crippen molar-refractivity contribution in [3.05, 3.63) is 70.9 Å². The van der Waals surface area contributed by atoms with Gasteiger partial charge in [-0.2, -0.15) is 5.10 Å². The van der Waals surface area contributed by atoms with Gasteiger partial charge in [0.2, 0.25) is 0 Å². The number of carbonyl (C=O) groups excluding carboxylic acids is 2. The number of benzene rings is 2. The molecule has 0 aliphatic carbocycles. The molecule has 1 aromatic heterocycles. The average Bonchev–Trinajstić information content (AvgIpc) is 3.02. The standard InChI is InChI=1S/C19H17ClN4O3/c1-2-27-19(26)15-16(18(25)22-13-10-8-12(20)9-11-13)23-24(17(15)21)14-6-4-3-5-7-14/h3-11H,2,21H2,1H3,(H,22,25). The maximum absolute atomic E-state index is 12.7. The van der Waals surface area contributed by atoms with Crippen molar-refractivity contribution in [3.63, 3.8) is 0 Å². The molecule has 0 aliphatic heterocycles. The molecule has 3 rings (SSSR count). The molecular weight excluding hydrogens is 368 g/mol. The molecule has 0 radical (unpaired) electrons. The van der Waals surface area contributed by atoms with Gasteiger partial charge in [0.25, 0.3) is 5.91 Å². The summed E-state index contributed by atoms with van der Waals surface area (Å²) in [5.41, 5.74) is 7.05. The van der Waals surface area contributed by atoms with Crippen LogP contribution in [0.1, 0.15) is 27.8 Å². The fraction of sp³-hybridized carbons (Fsp3) is 0.105. The molecule has 1 amide bonds. The van der Waals surface area contributed by atoms with Gasteiger partial charge in [0.05, 0.1) is 12.3 Å². The van der Waals surface area contributed by atoms with Gasteiger partial charge in [-0.05, 0) is 43.3 Å². The molecule has 7 nitrogen and oxygen atoms in total. The van der Waals surface area contributed by atoms with E-state index in [1.54, 1.807) is 55.5 Å². The van der Waals surface area contributed by atoms with Crippen molar-refractivity contribution in [1.29, 1.82) is 0 Å². The van der Waals surface area contributed by atoms with Crippen LogP contribution in [0.5, 0.6) is 0 Å². The summed E-state index contributed by atoms with van der Waals surface area (Å²) in [6.45, 7) is 1.82. The van der Waals surface area contributed by atoms with E-state index >= 15 is 0 Å². The minimum absolute atomic E-state index is 0.0286. The molecule has 27 heavy (non-hydrogen) atoms. The number of halogens is 1. The number of hydrogen-bond donors (Lipinski definition) is 2. The summed E-state index contributed by atoms with van der Waals surface area (Å²) in [7, 11) is 0. The summed E-state index contributed by atoms with van der Waals surface area (Å²) in [5, 5.41) is 7.47. The van der Waals surface area contributed by atoms with Crippen molar-refractivity contribution in [2.75, 3.05) is 17.7 Å². The molecular formula is C19H17ClN4O3. The molecule has 0 aliphatic rings. The van der Waals surface area contributed by atoms with Crippen LogP contribution in [0.3, 0.4) is 0 Å². The number of esters is 1. The van der Waals surface area contributed by atoms with Crippen LogP contribution in [0.15, 0.2) is 54.6 Å². The van der Waals surface area contributed by atoms with Gasteiger partial charge in [-0.15, -0.1) is 0 Å². The summed E-state index contributed by atoms with van der Waals surface area (Å²) in [6, 6.07) is 15.5. The summed E-state index contributed by atoms with van der Waals surface area (Å²) >= 11 is 5.85. The summed E-state index contributed by atoms with van der Waals surface area (Å²) in [5.74, 6) is -1.26. The number of aromatic nitrogens is 2. The monoisotopic (exact) mass is 384 g/mol. The summed E-state index contributed by atoms with van der Waals surface area (Å²) < 4.78 is 6.38. The van der Waals surface area contributed by atoms with Gasteiger partial charge in [-0.3, -0.25) is 4.79 Å². The number of ether oxygens (including phenoxy) is 1. The van der Waals surface area contributed by atoms with Gasteiger partial charge < -0.3 is 15.8 Å². The zero-order valence-electron chi connectivity index (χ0n) is 14.5. The Morgan fingerprint density at radius 2 is 1.81 bits per heavy atom. The summed E-state index contributed by atoms with van der Waals surface area (Å²) in [6.07, 6.45) is 0. The maximum Gasteiger partial charge on any atom is 0.344 e. The van der Waals surface area contributed by atoms with Crippen LogP contribution >= 0.6 is 11.6 Å². The third-order valence-electron chi connectivity index (χ3n) is 3.72. The highest BCUT2D eigenvalue weighted by Gasteiger charge is 2.28. The number of nitrogen functional groups attached to an aromatic ring is 1. The van der Waals surface area contributed by atoms with Gasteiger partial charge in [-0.25, -0.2) is 9.48 Å². The quantitative estimate of drug-likeness (QED) is 0.655. The Balaban J connectivity index is 2.03. The van der Waals surface area contributed by atoms with E-state index < -0.39 is 11.9 Å². The van der Waals surface area contributed by atoms with E-state index in [-0.39, 0.29) is 23.7 Å². The first kappa shape index (κ1) is 18.5. The van der Waals surface area contributed by atoms with E-state index in [2.05, 4.69) is 10.4 Å². The zero-order chi connectivity index (χ0) is 19.4. The normalized spacial score (nSPS) is 10.4. The average molecular weight is 385 g/mol. The lowest BCUT2D eigenvalue weighted by molar-refractivity contribution is 0.0524. The Morgan fingerprint density at radius 1 is 1.15 bits per heavy atom. The first-order chi connectivity index (χ1) is 13.0. The van der Waals surface area contributed by atoms with Crippen LogP contribution in [0.25, 0.3) is 5.69 Å². The number of para-hydroxylation sites is 1. The molecule has 0 atom stereocenters. The first-order valence-electron chi connectivity index (χ1n) is 8.19. The van der Waals surface area contributed by atoms with E-state index in [1.165, 1.54) is 4.68 Å². The molecule has 3 N–H and O–H groups in total. The Kier molecular flexibility index (Phi) is 5.42. The third-order valence-corrected chi connectivity index (χ3v) is 3.97. The predicted molar refractivity (Wildman–Crippen MR) is 103 cm³/mol. The van der Waals surface area contributed by atoms with E-state index in [0.717, 1.165) is 0 Å². The lowest BCUT2D eigenvalue weighted by atomic mass is 10.2. The SMILES string of the molecule is CCOC(=O)c1c(C(=O)Nc2ccc(Cl)cc2)nn(-c2ccccc2)c1N. The van der Waals surface area contributed by atoms with Crippen molar-refractivity contribution >= 4 is 35.0 Å². The van der Waals surface area contributed by atoms with Crippen LogP contribution in [-0.2, 0) is 4.74 Å². The van der Waals surface area contributed by atoms with E-state index in [0.29, 0.717) is 16.4 Å². The molecule has 1 heterocycles. The number of nitrogens with one attached hydrogen (secondary N) is 1. The van der Waals surface area contributed by atoms with Gasteiger partial charge >= 0.3 is 5.97 Å². The highest BCUT2D eigenvalue weighted by atomic mass is 35.5. The van der Waals surface area contributed by atoms with Crippen LogP contribution in [0.4, 0.5) is 11.5 Å². The minimum Gasteiger partial charge on any atom is -0.462 e. The number of rotatable bonds is 5. The summed E-state index contributed by atoms with van der Waals surface area (Å²) in [4.78, 5) is 25.1. The topological polar surface area (TPSA) is 99.2 Å². The number of anilines is 2. The smallest absolute Gasteiger partial charge is 0.344 e. The van der Waals surface area contributed by atoms with Crippen LogP contribution in [-0.4, -0.2) is 28.3 Å². The minimum atomic E-state index is -0.710. The van der Waals surface area contributed by atoms with Crippen LogP contribution in [0.2, 0.25) is 5.02 Å². The maximum atomic E-state index is 12.7. The molecule has 0 fully saturated rings. The lowest BCUT2D eigenvalue weighted by Gasteiger charge is -2.05. The highest BCUT2D eigenvalue weighted by Crippen LogP contribution is 2.23. The lowest BCUT2D eigenvalue weighted by Crippen LogP contribution is -2.18. The molecule has 3 aromatic rings. The Morgan fingerprint density at radius 3 is 2.44 bits per heavy atom. The van der Waals surface area contributed by atoms with Crippen molar-refractivity contribution < 1.29 is 14.3 Å². The van der Waals surface area contributed by atoms with Gasteiger partial charge in [0.1, 0.15) is 11.4 Å². The Hall–Kier alpha value is -3.32. The second-order valence-electron chi connectivity index (χ2n) is 5.54. The molecule has 0 bridgehead atoms. The Bertz CT molecular complexity index is 969. The van der Waals surface area contributed by atoms with Crippen molar-refractivity contribution in [1.82, 2.24) is 9.78 Å². The molecule has 0 saturated heterocycles. The first-order valence-corrected chi connectivity index (χ1v) is 8.57. The molecule has 138 valence electrons. The number of amides is 1. The molecule has 0 spiro atoms. The van der Waals surface area contributed by atoms with E-state index in [9.17, 15) is 9.59 Å². The van der Waals surface area contributed by atoms with Gasteiger partial charge in [0.15, 0.2) is 5.69 Å². The largest absolute Gasteiger partial charge is 0.462 e. The predicted octanol–water partition coefficient (Wildman–Crippen LogP) is 3.54. The number of nitrogens with zero attached hydrogens (tertiary/aromatic N) is 2. The molecule has 8 heteroatoms. The molecule has 0 unspecified atom stereocenters. The van der Waals surface area contributed by atoms with Gasteiger partial charge in [-0.1, -0.05) is 29.8 Å². The second kappa shape index (κ2) is 7.92. The third kappa shape index (κ3) is 3.93. The number of nitrogens with two attached hydrogens (primary N) is 1. The fourth-order valence-corrected chi connectivity index (χ4v) is 2.61. The number of carbonyl (C=O) groups is 2. The van der Waals surface area contributed by atoms with Gasteiger partial charge in [0, 0.05) is 10.7 Å². The fourth-order valence-electron chi connectivity index (χ4n) is 2.48. The van der Waals surface area contributed by atoms with Crippen LogP contribution in [0, 0.1) is 0 Å². The molecule has 0 saturated carbocycles. The van der Waals surface area contributed by atoms with E-state index in [1.807, 2.05) is 6.07 Å². The van der Waals surface area contributed by atoms with E-state index in [4.69, 9.17) is 22.1 Å². The van der Waals surface area contributed by atoms with Crippen molar-refractivity contribution in [2.24, 2.45) is 0 Å². The van der Waals surface area contributed by atoms with Crippen molar-refractivity contribution in [3.8, 4) is 5.69 Å². The Labute approximate surface area is 160 Å². The van der Waals surface area contributed by atoms with Crippen molar-refractivity contribution in [2.45, 2.75) is 6.92 Å². The molecule has 2 aromatic carbocycles. The van der Waals surface area contributed by atoms with Crippen LogP contribution < -0.4 is 11.1 Å².